The summed E-state index contributed by atoms with van der Waals surface area (Å²) in [6.45, 7) is 2.12. The summed E-state index contributed by atoms with van der Waals surface area (Å²) in [5.74, 6) is 0.255. The topological polar surface area (TPSA) is 45.6 Å². The fourth-order valence-electron chi connectivity index (χ4n) is 2.42. The van der Waals surface area contributed by atoms with Crippen molar-refractivity contribution in [3.63, 3.8) is 0 Å². The molecule has 4 nitrogen and oxygen atoms in total. The molecule has 104 valence electrons. The minimum absolute atomic E-state index is 0.0694. The summed E-state index contributed by atoms with van der Waals surface area (Å²) in [5.41, 5.74) is 1.94. The third-order valence-electron chi connectivity index (χ3n) is 3.40. The maximum absolute atomic E-state index is 9.57. The van der Waals surface area contributed by atoms with E-state index in [1.54, 1.807) is 24.5 Å². The lowest BCUT2D eigenvalue weighted by Crippen LogP contribution is -2.38. The number of pyridine rings is 1. The summed E-state index contributed by atoms with van der Waals surface area (Å²) in [6, 6.07) is 9.09. The van der Waals surface area contributed by atoms with E-state index < -0.39 is 0 Å². The Hall–Kier alpha value is -1.78. The zero-order chi connectivity index (χ0) is 13.9. The van der Waals surface area contributed by atoms with Crippen LogP contribution in [0.4, 0.5) is 5.69 Å². The predicted molar refractivity (Wildman–Crippen MR) is 78.3 cm³/mol. The number of phenols is 1. The molecular weight excluding hydrogens is 276 g/mol. The van der Waals surface area contributed by atoms with Gasteiger partial charge in [-0.1, -0.05) is 23.7 Å². The molecule has 1 aromatic heterocycles. The van der Waals surface area contributed by atoms with Crippen molar-refractivity contribution in [2.75, 3.05) is 24.6 Å². The molecule has 1 N–H and O–H groups in total. The van der Waals surface area contributed by atoms with Gasteiger partial charge in [0.2, 0.25) is 0 Å². The van der Waals surface area contributed by atoms with Crippen LogP contribution in [0.2, 0.25) is 5.02 Å². The molecule has 1 aromatic carbocycles. The number of anilines is 1. The van der Waals surface area contributed by atoms with E-state index in [1.807, 2.05) is 18.2 Å². The van der Waals surface area contributed by atoms with Gasteiger partial charge < -0.3 is 14.7 Å². The molecular formula is C15H15ClN2O2. The molecule has 0 bridgehead atoms. The first kappa shape index (κ1) is 13.2. The Morgan fingerprint density at radius 3 is 3.05 bits per heavy atom. The van der Waals surface area contributed by atoms with Gasteiger partial charge in [0.1, 0.15) is 11.9 Å². The second-order valence-electron chi connectivity index (χ2n) is 4.73. The highest BCUT2D eigenvalue weighted by Crippen LogP contribution is 2.30. The Kier molecular flexibility index (Phi) is 3.76. The van der Waals surface area contributed by atoms with Crippen LogP contribution in [0.5, 0.6) is 5.75 Å². The lowest BCUT2D eigenvalue weighted by Gasteiger charge is -2.35. The van der Waals surface area contributed by atoms with Crippen LogP contribution < -0.4 is 4.90 Å². The second-order valence-corrected chi connectivity index (χ2v) is 5.13. The van der Waals surface area contributed by atoms with Crippen molar-refractivity contribution in [2.45, 2.75) is 6.10 Å². The number of rotatable bonds is 2. The average molecular weight is 291 g/mol. The van der Waals surface area contributed by atoms with E-state index in [4.69, 9.17) is 16.3 Å². The lowest BCUT2D eigenvalue weighted by molar-refractivity contribution is 0.0397. The van der Waals surface area contributed by atoms with Gasteiger partial charge >= 0.3 is 0 Å². The fourth-order valence-corrected chi connectivity index (χ4v) is 2.66. The van der Waals surface area contributed by atoms with E-state index in [9.17, 15) is 5.11 Å². The zero-order valence-corrected chi connectivity index (χ0v) is 11.6. The van der Waals surface area contributed by atoms with Crippen molar-refractivity contribution < 1.29 is 9.84 Å². The summed E-state index contributed by atoms with van der Waals surface area (Å²) < 4.78 is 5.80. The van der Waals surface area contributed by atoms with Crippen molar-refractivity contribution in [3.8, 4) is 5.75 Å². The summed E-state index contributed by atoms with van der Waals surface area (Å²) in [6.07, 6.45) is 3.32. The van der Waals surface area contributed by atoms with Crippen molar-refractivity contribution in [3.05, 3.63) is 53.3 Å². The van der Waals surface area contributed by atoms with Gasteiger partial charge in [0, 0.05) is 25.5 Å². The SMILES string of the molecule is Oc1cccc([C@H]2CN(c3ccncc3Cl)CCO2)c1. The molecule has 5 heteroatoms. The second kappa shape index (κ2) is 5.69. The Labute approximate surface area is 122 Å². The quantitative estimate of drug-likeness (QED) is 0.923. The molecule has 1 aliphatic rings. The summed E-state index contributed by atoms with van der Waals surface area (Å²) in [7, 11) is 0. The van der Waals surface area contributed by atoms with Crippen molar-refractivity contribution in [1.82, 2.24) is 4.98 Å². The Morgan fingerprint density at radius 2 is 2.25 bits per heavy atom. The lowest BCUT2D eigenvalue weighted by atomic mass is 10.1. The number of halogens is 1. The molecule has 20 heavy (non-hydrogen) atoms. The third kappa shape index (κ3) is 2.71. The number of hydrogen-bond acceptors (Lipinski definition) is 4. The van der Waals surface area contributed by atoms with Gasteiger partial charge in [-0.15, -0.1) is 0 Å². The van der Waals surface area contributed by atoms with Gasteiger partial charge in [0.15, 0.2) is 0 Å². The summed E-state index contributed by atoms with van der Waals surface area (Å²) in [5, 5.41) is 10.2. The smallest absolute Gasteiger partial charge is 0.115 e. The van der Waals surface area contributed by atoms with Gasteiger partial charge in [-0.25, -0.2) is 0 Å². The number of morpholine rings is 1. The van der Waals surface area contributed by atoms with Gasteiger partial charge in [0.25, 0.3) is 0 Å². The highest BCUT2D eigenvalue weighted by molar-refractivity contribution is 6.33. The number of phenolic OH excluding ortho intramolecular Hbond substituents is 1. The molecule has 2 heterocycles. The van der Waals surface area contributed by atoms with Gasteiger partial charge in [-0.05, 0) is 23.8 Å². The van der Waals surface area contributed by atoms with E-state index in [-0.39, 0.29) is 11.9 Å². The van der Waals surface area contributed by atoms with Gasteiger partial charge in [0.05, 0.1) is 17.3 Å². The first-order valence-electron chi connectivity index (χ1n) is 6.49. The van der Waals surface area contributed by atoms with Crippen LogP contribution in [-0.4, -0.2) is 29.8 Å². The van der Waals surface area contributed by atoms with Crippen LogP contribution in [0.25, 0.3) is 0 Å². The zero-order valence-electron chi connectivity index (χ0n) is 10.9. The van der Waals surface area contributed by atoms with Crippen LogP contribution in [0.15, 0.2) is 42.7 Å². The van der Waals surface area contributed by atoms with E-state index in [0.29, 0.717) is 18.2 Å². The molecule has 1 aliphatic heterocycles. The van der Waals surface area contributed by atoms with E-state index in [2.05, 4.69) is 9.88 Å². The summed E-state index contributed by atoms with van der Waals surface area (Å²) >= 11 is 6.19. The average Bonchev–Trinajstić information content (AvgIpc) is 2.48. The minimum Gasteiger partial charge on any atom is -0.508 e. The molecule has 1 fully saturated rings. The largest absolute Gasteiger partial charge is 0.508 e. The van der Waals surface area contributed by atoms with Crippen LogP contribution >= 0.6 is 11.6 Å². The Morgan fingerprint density at radius 1 is 1.35 bits per heavy atom. The molecule has 3 rings (SSSR count). The highest BCUT2D eigenvalue weighted by atomic mass is 35.5. The molecule has 0 spiro atoms. The van der Waals surface area contributed by atoms with Crippen LogP contribution in [0.3, 0.4) is 0 Å². The van der Waals surface area contributed by atoms with Crippen LogP contribution in [-0.2, 0) is 4.74 Å². The maximum Gasteiger partial charge on any atom is 0.115 e. The fraction of sp³-hybridized carbons (Fsp3) is 0.267. The van der Waals surface area contributed by atoms with Gasteiger partial charge in [-0.3, -0.25) is 4.98 Å². The van der Waals surface area contributed by atoms with Gasteiger partial charge in [-0.2, -0.15) is 0 Å². The van der Waals surface area contributed by atoms with Crippen LogP contribution in [0, 0.1) is 0 Å². The molecule has 0 aliphatic carbocycles. The number of benzene rings is 1. The summed E-state index contributed by atoms with van der Waals surface area (Å²) in [4.78, 5) is 6.19. The molecule has 1 saturated heterocycles. The monoisotopic (exact) mass is 290 g/mol. The number of aromatic hydroxyl groups is 1. The number of aromatic nitrogens is 1. The Balaban J connectivity index is 1.82. The van der Waals surface area contributed by atoms with Crippen LogP contribution in [0.1, 0.15) is 11.7 Å². The number of hydrogen-bond donors (Lipinski definition) is 1. The van der Waals surface area contributed by atoms with Crippen molar-refractivity contribution in [1.29, 1.82) is 0 Å². The molecule has 2 aromatic rings. The Bertz CT molecular complexity index is 606. The number of ether oxygens (including phenoxy) is 1. The molecule has 0 radical (unpaired) electrons. The van der Waals surface area contributed by atoms with Crippen molar-refractivity contribution >= 4 is 17.3 Å². The normalized spacial score (nSPS) is 19.1. The molecule has 0 saturated carbocycles. The van der Waals surface area contributed by atoms with E-state index >= 15 is 0 Å². The minimum atomic E-state index is -0.0694. The maximum atomic E-state index is 9.57. The third-order valence-corrected chi connectivity index (χ3v) is 3.69. The van der Waals surface area contributed by atoms with Crippen molar-refractivity contribution in [2.24, 2.45) is 0 Å². The molecule has 0 unspecified atom stereocenters. The van der Waals surface area contributed by atoms with E-state index in [1.165, 1.54) is 0 Å². The molecule has 1 atom stereocenters. The first-order chi connectivity index (χ1) is 9.74. The first-order valence-corrected chi connectivity index (χ1v) is 6.87. The van der Waals surface area contributed by atoms with E-state index in [0.717, 1.165) is 17.8 Å². The molecule has 0 amide bonds. The highest BCUT2D eigenvalue weighted by Gasteiger charge is 2.23. The predicted octanol–water partition coefficient (Wildman–Crippen LogP) is 3.02. The standard InChI is InChI=1S/C15H15ClN2O2/c16-13-9-17-5-4-14(13)18-6-7-20-15(10-18)11-2-1-3-12(19)8-11/h1-5,8-9,15,19H,6-7,10H2/t15-/m1/s1. The number of nitrogens with zero attached hydrogens (tertiary/aromatic N) is 2.